The van der Waals surface area contributed by atoms with Gasteiger partial charge in [0.15, 0.2) is 0 Å². The van der Waals surface area contributed by atoms with E-state index in [0.717, 1.165) is 41.3 Å². The van der Waals surface area contributed by atoms with Gasteiger partial charge >= 0.3 is 0 Å². The molecule has 0 radical (unpaired) electrons. The van der Waals surface area contributed by atoms with Crippen molar-refractivity contribution in [3.05, 3.63) is 65.9 Å². The van der Waals surface area contributed by atoms with Gasteiger partial charge in [-0.2, -0.15) is 5.10 Å². The van der Waals surface area contributed by atoms with Gasteiger partial charge in [0.2, 0.25) is 5.91 Å². The molecule has 7 nitrogen and oxygen atoms in total. The van der Waals surface area contributed by atoms with Gasteiger partial charge in [0.25, 0.3) is 0 Å². The lowest BCUT2D eigenvalue weighted by Gasteiger charge is -2.40. The molecule has 0 fully saturated rings. The third-order valence-electron chi connectivity index (χ3n) is 5.57. The van der Waals surface area contributed by atoms with Crippen LogP contribution in [-0.2, 0) is 17.9 Å². The number of halogens is 1. The van der Waals surface area contributed by atoms with Gasteiger partial charge in [0, 0.05) is 38.0 Å². The highest BCUT2D eigenvalue weighted by Gasteiger charge is 2.33. The van der Waals surface area contributed by atoms with Crippen molar-refractivity contribution in [2.45, 2.75) is 39.4 Å². The molecule has 31 heavy (non-hydrogen) atoms. The van der Waals surface area contributed by atoms with E-state index in [4.69, 9.17) is 0 Å². The van der Waals surface area contributed by atoms with E-state index in [1.807, 2.05) is 30.1 Å². The van der Waals surface area contributed by atoms with E-state index in [1.54, 1.807) is 30.3 Å². The van der Waals surface area contributed by atoms with Crippen LogP contribution in [0.2, 0.25) is 0 Å². The van der Waals surface area contributed by atoms with Crippen molar-refractivity contribution in [1.29, 1.82) is 0 Å². The minimum atomic E-state index is -0.242. The Kier molecular flexibility index (Phi) is 5.88. The third kappa shape index (κ3) is 4.38. The first-order chi connectivity index (χ1) is 15.0. The quantitative estimate of drug-likeness (QED) is 0.630. The van der Waals surface area contributed by atoms with Gasteiger partial charge in [0.05, 0.1) is 30.3 Å². The highest BCUT2D eigenvalue weighted by atomic mass is 19.1. The Morgan fingerprint density at radius 2 is 1.90 bits per heavy atom. The van der Waals surface area contributed by atoms with E-state index < -0.39 is 0 Å². The van der Waals surface area contributed by atoms with Crippen molar-refractivity contribution in [3.8, 4) is 0 Å². The molecule has 0 bridgehead atoms. The number of likely N-dealkylation sites (N-methyl/N-ethyl adjacent to an activating group) is 1. The topological polar surface area (TPSA) is 66.3 Å². The Hall–Kier alpha value is -3.42. The van der Waals surface area contributed by atoms with E-state index in [1.165, 1.54) is 12.1 Å². The second kappa shape index (κ2) is 8.75. The van der Waals surface area contributed by atoms with Crippen molar-refractivity contribution < 1.29 is 9.18 Å². The Balaban J connectivity index is 1.45. The second-order valence-electron chi connectivity index (χ2n) is 7.85. The number of anilines is 3. The van der Waals surface area contributed by atoms with E-state index in [2.05, 4.69) is 27.2 Å². The Bertz CT molecular complexity index is 1060. The molecule has 0 saturated heterocycles. The van der Waals surface area contributed by atoms with Crippen molar-refractivity contribution >= 4 is 23.1 Å². The summed E-state index contributed by atoms with van der Waals surface area (Å²) in [6.07, 6.45) is 6.49. The summed E-state index contributed by atoms with van der Waals surface area (Å²) in [6, 6.07) is 8.24. The summed E-state index contributed by atoms with van der Waals surface area (Å²) in [7, 11) is 1.80. The van der Waals surface area contributed by atoms with Crippen LogP contribution in [0.15, 0.2) is 48.9 Å². The van der Waals surface area contributed by atoms with Gasteiger partial charge in [0.1, 0.15) is 17.7 Å². The molecule has 0 spiro atoms. The van der Waals surface area contributed by atoms with Crippen molar-refractivity contribution in [1.82, 2.24) is 14.8 Å². The van der Waals surface area contributed by atoms with Crippen LogP contribution in [0.25, 0.3) is 0 Å². The lowest BCUT2D eigenvalue weighted by molar-refractivity contribution is -0.119. The maximum Gasteiger partial charge on any atom is 0.249 e. The number of rotatable bonds is 7. The average molecular weight is 423 g/mol. The van der Waals surface area contributed by atoms with Crippen LogP contribution in [0.1, 0.15) is 31.4 Å². The fourth-order valence-electron chi connectivity index (χ4n) is 3.87. The summed E-state index contributed by atoms with van der Waals surface area (Å²) in [5.41, 5.74) is 3.85. The predicted molar refractivity (Wildman–Crippen MR) is 120 cm³/mol. The SMILES string of the molecule is CCCN1c2cc(NCc3cnn(Cc4ccc(F)cc4)c3)ncc2N(C)C(=O)[C@@H]1C. The van der Waals surface area contributed by atoms with Crippen LogP contribution in [0.3, 0.4) is 0 Å². The number of benzene rings is 1. The molecular formula is C23H27FN6O. The van der Waals surface area contributed by atoms with Crippen LogP contribution in [0, 0.1) is 5.82 Å². The molecule has 162 valence electrons. The number of carbonyl (C=O) groups excluding carboxylic acids is 1. The van der Waals surface area contributed by atoms with Crippen LogP contribution in [0.5, 0.6) is 0 Å². The lowest BCUT2D eigenvalue weighted by atomic mass is 10.1. The number of fused-ring (bicyclic) bond motifs is 1. The second-order valence-corrected chi connectivity index (χ2v) is 7.85. The Morgan fingerprint density at radius 1 is 1.13 bits per heavy atom. The van der Waals surface area contributed by atoms with Gasteiger partial charge in [-0.1, -0.05) is 19.1 Å². The standard InChI is InChI=1S/C23H27FN6O/c1-4-9-30-16(2)23(31)28(3)21-13-26-22(10-20(21)30)25-11-18-12-27-29(15-18)14-17-5-7-19(24)8-6-17/h5-8,10,12-13,15-16H,4,9,11,14H2,1-3H3,(H,25,26)/t16-/m0/s1. The largest absolute Gasteiger partial charge is 0.366 e. The molecule has 1 aromatic carbocycles. The van der Waals surface area contributed by atoms with E-state index in [-0.39, 0.29) is 17.8 Å². The summed E-state index contributed by atoms with van der Waals surface area (Å²) < 4.78 is 14.9. The van der Waals surface area contributed by atoms with Crippen LogP contribution < -0.4 is 15.1 Å². The maximum absolute atomic E-state index is 13.1. The van der Waals surface area contributed by atoms with E-state index in [9.17, 15) is 9.18 Å². The molecule has 4 rings (SSSR count). The monoisotopic (exact) mass is 422 g/mol. The molecule has 1 atom stereocenters. The highest BCUT2D eigenvalue weighted by Crippen LogP contribution is 2.36. The van der Waals surface area contributed by atoms with E-state index in [0.29, 0.717) is 13.1 Å². The van der Waals surface area contributed by atoms with Gasteiger partial charge in [-0.25, -0.2) is 9.37 Å². The van der Waals surface area contributed by atoms with Crippen molar-refractivity contribution in [2.24, 2.45) is 0 Å². The van der Waals surface area contributed by atoms with Crippen LogP contribution >= 0.6 is 0 Å². The summed E-state index contributed by atoms with van der Waals surface area (Å²) >= 11 is 0. The molecule has 0 unspecified atom stereocenters. The molecule has 3 aromatic rings. The molecular weight excluding hydrogens is 395 g/mol. The molecule has 1 aliphatic rings. The minimum absolute atomic E-state index is 0.0806. The highest BCUT2D eigenvalue weighted by molar-refractivity contribution is 6.05. The number of aromatic nitrogens is 3. The number of hydrogen-bond donors (Lipinski definition) is 1. The van der Waals surface area contributed by atoms with Crippen molar-refractivity contribution in [2.75, 3.05) is 28.7 Å². The number of carbonyl (C=O) groups is 1. The average Bonchev–Trinajstić information content (AvgIpc) is 3.22. The molecule has 0 saturated carbocycles. The molecule has 1 N–H and O–H groups in total. The summed E-state index contributed by atoms with van der Waals surface area (Å²) in [4.78, 5) is 20.9. The number of amides is 1. The van der Waals surface area contributed by atoms with Crippen LogP contribution in [-0.4, -0.2) is 40.3 Å². The minimum Gasteiger partial charge on any atom is -0.366 e. The zero-order valence-electron chi connectivity index (χ0n) is 18.0. The molecule has 2 aromatic heterocycles. The van der Waals surface area contributed by atoms with Crippen molar-refractivity contribution in [3.63, 3.8) is 0 Å². The first kappa shape index (κ1) is 20.8. The van der Waals surface area contributed by atoms with E-state index >= 15 is 0 Å². The Morgan fingerprint density at radius 3 is 2.65 bits per heavy atom. The smallest absolute Gasteiger partial charge is 0.249 e. The van der Waals surface area contributed by atoms with Gasteiger partial charge in [-0.15, -0.1) is 0 Å². The first-order valence-electron chi connectivity index (χ1n) is 10.5. The fourth-order valence-corrected chi connectivity index (χ4v) is 3.87. The van der Waals surface area contributed by atoms with Gasteiger partial charge in [-0.3, -0.25) is 9.48 Å². The van der Waals surface area contributed by atoms with Crippen LogP contribution in [0.4, 0.5) is 21.6 Å². The molecule has 1 amide bonds. The van der Waals surface area contributed by atoms with Gasteiger partial charge in [-0.05, 0) is 31.0 Å². The zero-order chi connectivity index (χ0) is 22.0. The lowest BCUT2D eigenvalue weighted by Crippen LogP contribution is -2.51. The normalized spacial score (nSPS) is 15.9. The Labute approximate surface area is 181 Å². The summed E-state index contributed by atoms with van der Waals surface area (Å²) in [5.74, 6) is 0.590. The number of hydrogen-bond acceptors (Lipinski definition) is 5. The first-order valence-corrected chi connectivity index (χ1v) is 10.5. The number of nitrogens with one attached hydrogen (secondary N) is 1. The molecule has 3 heterocycles. The predicted octanol–water partition coefficient (Wildman–Crippen LogP) is 3.66. The summed E-state index contributed by atoms with van der Waals surface area (Å²) in [6.45, 7) is 6.03. The zero-order valence-corrected chi connectivity index (χ0v) is 18.0. The summed E-state index contributed by atoms with van der Waals surface area (Å²) in [5, 5.41) is 7.75. The third-order valence-corrected chi connectivity index (χ3v) is 5.57. The molecule has 1 aliphatic heterocycles. The van der Waals surface area contributed by atoms with Gasteiger partial charge < -0.3 is 15.1 Å². The number of pyridine rings is 1. The maximum atomic E-state index is 13.1. The fraction of sp³-hybridized carbons (Fsp3) is 0.348. The number of nitrogens with zero attached hydrogens (tertiary/aromatic N) is 5. The molecule has 0 aliphatic carbocycles. The molecule has 8 heteroatoms.